The largest absolute Gasteiger partial charge is 0.481 e. The van der Waals surface area contributed by atoms with Crippen molar-refractivity contribution in [3.8, 4) is 0 Å². The summed E-state index contributed by atoms with van der Waals surface area (Å²) in [5.41, 5.74) is 1.93. The maximum Gasteiger partial charge on any atom is 0.305 e. The van der Waals surface area contributed by atoms with Crippen LogP contribution in [0.25, 0.3) is 0 Å². The van der Waals surface area contributed by atoms with Gasteiger partial charge in [-0.3, -0.25) is 14.4 Å². The molecule has 1 aromatic rings. The second-order valence-electron chi connectivity index (χ2n) is 5.94. The molecule has 0 radical (unpaired) electrons. The maximum atomic E-state index is 12.3. The normalized spacial score (nSPS) is 19.0. The van der Waals surface area contributed by atoms with Crippen molar-refractivity contribution >= 4 is 28.8 Å². The number of hydrogen-bond donors (Lipinski definition) is 1. The van der Waals surface area contributed by atoms with E-state index in [1.165, 1.54) is 18.7 Å². The molecule has 1 aromatic carbocycles. The van der Waals surface area contributed by atoms with Crippen molar-refractivity contribution < 1.29 is 19.5 Å². The van der Waals surface area contributed by atoms with E-state index in [4.69, 9.17) is 0 Å². The quantitative estimate of drug-likeness (QED) is 0.865. The molecule has 0 bridgehead atoms. The number of aliphatic carboxylic acids is 1. The highest BCUT2D eigenvalue weighted by atomic mass is 32.2. The lowest BCUT2D eigenvalue weighted by Crippen LogP contribution is -2.32. The number of hydrogen-bond acceptors (Lipinski definition) is 4. The van der Waals surface area contributed by atoms with Crippen molar-refractivity contribution in [1.29, 1.82) is 0 Å². The minimum Gasteiger partial charge on any atom is -0.481 e. The van der Waals surface area contributed by atoms with Gasteiger partial charge in [-0.15, -0.1) is 0 Å². The van der Waals surface area contributed by atoms with Crippen LogP contribution in [-0.4, -0.2) is 39.3 Å². The molecule has 1 amide bonds. The lowest BCUT2D eigenvalue weighted by molar-refractivity contribution is -0.140. The van der Waals surface area contributed by atoms with Crippen LogP contribution in [0.5, 0.6) is 0 Å². The number of nitrogens with zero attached hydrogens (tertiary/aromatic N) is 1. The topological polar surface area (TPSA) is 74.7 Å². The Labute approximate surface area is 140 Å². The van der Waals surface area contributed by atoms with E-state index in [0.29, 0.717) is 18.7 Å². The monoisotopic (exact) mass is 335 g/mol. The van der Waals surface area contributed by atoms with E-state index in [1.54, 1.807) is 4.90 Å². The molecule has 0 aliphatic carbocycles. The van der Waals surface area contributed by atoms with E-state index in [9.17, 15) is 19.5 Å². The third kappa shape index (κ3) is 4.82. The summed E-state index contributed by atoms with van der Waals surface area (Å²) in [4.78, 5) is 36.3. The Kier molecular flexibility index (Phi) is 5.82. The average molecular weight is 335 g/mol. The zero-order valence-electron chi connectivity index (χ0n) is 13.3. The van der Waals surface area contributed by atoms with Gasteiger partial charge in [-0.1, -0.05) is 41.6 Å². The third-order valence-corrected chi connectivity index (χ3v) is 5.01. The Balaban J connectivity index is 2.15. The fraction of sp³-hybridized carbons (Fsp3) is 0.471. The maximum absolute atomic E-state index is 12.3. The van der Waals surface area contributed by atoms with Crippen molar-refractivity contribution in [3.05, 3.63) is 35.4 Å². The SMILES string of the molecule is CC(=O)SCC1CC(=O)N(C(CC(=O)O)c2ccc(C)cc2)C1. The van der Waals surface area contributed by atoms with Crippen LogP contribution in [0.3, 0.4) is 0 Å². The second kappa shape index (κ2) is 7.64. The predicted octanol–water partition coefficient (Wildman–Crippen LogP) is 2.64. The molecule has 1 aliphatic heterocycles. The standard InChI is InChI=1S/C17H21NO4S/c1-11-3-5-14(6-4-11)15(8-17(21)22)18-9-13(7-16(18)20)10-23-12(2)19/h3-6,13,15H,7-10H2,1-2H3,(H,21,22). The van der Waals surface area contributed by atoms with Gasteiger partial charge in [-0.05, 0) is 18.4 Å². The average Bonchev–Trinajstić information content (AvgIpc) is 2.84. The van der Waals surface area contributed by atoms with Crippen LogP contribution in [0.1, 0.15) is 36.9 Å². The van der Waals surface area contributed by atoms with E-state index in [2.05, 4.69) is 0 Å². The summed E-state index contributed by atoms with van der Waals surface area (Å²) in [6, 6.07) is 7.16. The molecule has 1 saturated heterocycles. The molecule has 23 heavy (non-hydrogen) atoms. The van der Waals surface area contributed by atoms with Gasteiger partial charge in [0.25, 0.3) is 0 Å². The van der Waals surface area contributed by atoms with Gasteiger partial charge < -0.3 is 10.0 Å². The fourth-order valence-corrected chi connectivity index (χ4v) is 3.51. The van der Waals surface area contributed by atoms with Crippen LogP contribution >= 0.6 is 11.8 Å². The van der Waals surface area contributed by atoms with Crippen LogP contribution in [0.2, 0.25) is 0 Å². The first-order valence-corrected chi connectivity index (χ1v) is 8.56. The molecule has 2 rings (SSSR count). The molecule has 5 nitrogen and oxygen atoms in total. The minimum absolute atomic E-state index is 0.0361. The number of benzene rings is 1. The number of amides is 1. The predicted molar refractivity (Wildman–Crippen MR) is 89.1 cm³/mol. The van der Waals surface area contributed by atoms with Crippen molar-refractivity contribution in [2.24, 2.45) is 5.92 Å². The molecule has 124 valence electrons. The molecule has 0 spiro atoms. The summed E-state index contributed by atoms with van der Waals surface area (Å²) in [6.45, 7) is 3.98. The van der Waals surface area contributed by atoms with Gasteiger partial charge in [-0.2, -0.15) is 0 Å². The number of carboxylic acid groups (broad SMARTS) is 1. The molecular weight excluding hydrogens is 314 g/mol. The van der Waals surface area contributed by atoms with Crippen molar-refractivity contribution in [3.63, 3.8) is 0 Å². The van der Waals surface area contributed by atoms with Crippen LogP contribution in [0.4, 0.5) is 0 Å². The Hall–Kier alpha value is -1.82. The van der Waals surface area contributed by atoms with Gasteiger partial charge in [0.2, 0.25) is 5.91 Å². The van der Waals surface area contributed by atoms with Gasteiger partial charge >= 0.3 is 5.97 Å². The Morgan fingerprint density at radius 1 is 1.35 bits per heavy atom. The molecular formula is C17H21NO4S. The molecule has 2 atom stereocenters. The number of likely N-dealkylation sites (tertiary alicyclic amines) is 1. The number of thioether (sulfide) groups is 1. The lowest BCUT2D eigenvalue weighted by atomic mass is 10.0. The Morgan fingerprint density at radius 2 is 2.00 bits per heavy atom. The number of carbonyl (C=O) groups excluding carboxylic acids is 2. The molecule has 1 fully saturated rings. The van der Waals surface area contributed by atoms with E-state index >= 15 is 0 Å². The van der Waals surface area contributed by atoms with Gasteiger partial charge in [0.1, 0.15) is 0 Å². The van der Waals surface area contributed by atoms with Crippen molar-refractivity contribution in [1.82, 2.24) is 4.90 Å². The van der Waals surface area contributed by atoms with Crippen molar-refractivity contribution in [2.45, 2.75) is 32.7 Å². The van der Waals surface area contributed by atoms with E-state index in [1.807, 2.05) is 31.2 Å². The first kappa shape index (κ1) is 17.5. The fourth-order valence-electron chi connectivity index (χ4n) is 2.82. The summed E-state index contributed by atoms with van der Waals surface area (Å²) in [6.07, 6.45) is 0.267. The molecule has 6 heteroatoms. The van der Waals surface area contributed by atoms with Crippen LogP contribution in [0.15, 0.2) is 24.3 Å². The molecule has 1 aliphatic rings. The number of aryl methyl sites for hydroxylation is 1. The Bertz CT molecular complexity index is 599. The first-order chi connectivity index (χ1) is 10.9. The highest BCUT2D eigenvalue weighted by molar-refractivity contribution is 8.13. The highest BCUT2D eigenvalue weighted by Crippen LogP contribution is 2.32. The molecule has 0 saturated carbocycles. The van der Waals surface area contributed by atoms with Crippen LogP contribution in [-0.2, 0) is 14.4 Å². The smallest absolute Gasteiger partial charge is 0.305 e. The number of carbonyl (C=O) groups is 3. The number of rotatable bonds is 6. The first-order valence-electron chi connectivity index (χ1n) is 7.58. The zero-order chi connectivity index (χ0) is 17.0. The summed E-state index contributed by atoms with van der Waals surface area (Å²) in [5.74, 6) is -0.264. The minimum atomic E-state index is -0.926. The van der Waals surface area contributed by atoms with Crippen LogP contribution in [0, 0.1) is 12.8 Å². The molecule has 0 aromatic heterocycles. The van der Waals surface area contributed by atoms with Crippen LogP contribution < -0.4 is 0 Å². The molecule has 1 heterocycles. The van der Waals surface area contributed by atoms with Gasteiger partial charge in [-0.25, -0.2) is 0 Å². The van der Waals surface area contributed by atoms with Crippen molar-refractivity contribution in [2.75, 3.05) is 12.3 Å². The summed E-state index contributed by atoms with van der Waals surface area (Å²) >= 11 is 1.22. The highest BCUT2D eigenvalue weighted by Gasteiger charge is 2.36. The zero-order valence-corrected chi connectivity index (χ0v) is 14.1. The van der Waals surface area contributed by atoms with E-state index in [0.717, 1.165) is 11.1 Å². The summed E-state index contributed by atoms with van der Waals surface area (Å²) < 4.78 is 0. The third-order valence-electron chi connectivity index (χ3n) is 3.97. The number of carboxylic acids is 1. The molecule has 1 N–H and O–H groups in total. The van der Waals surface area contributed by atoms with E-state index < -0.39 is 12.0 Å². The Morgan fingerprint density at radius 3 is 2.57 bits per heavy atom. The second-order valence-corrected chi connectivity index (χ2v) is 7.14. The summed E-state index contributed by atoms with van der Waals surface area (Å²) in [7, 11) is 0. The lowest BCUT2D eigenvalue weighted by Gasteiger charge is -2.27. The summed E-state index contributed by atoms with van der Waals surface area (Å²) in [5, 5.41) is 9.24. The van der Waals surface area contributed by atoms with Gasteiger partial charge in [0.15, 0.2) is 5.12 Å². The van der Waals surface area contributed by atoms with Gasteiger partial charge in [0, 0.05) is 25.6 Å². The van der Waals surface area contributed by atoms with E-state index in [-0.39, 0.29) is 23.4 Å². The molecule has 2 unspecified atom stereocenters. The van der Waals surface area contributed by atoms with Gasteiger partial charge in [0.05, 0.1) is 12.5 Å².